The zero-order chi connectivity index (χ0) is 10.7. The third-order valence-corrected chi connectivity index (χ3v) is 2.28. The quantitative estimate of drug-likeness (QED) is 0.725. The molecule has 0 bridgehead atoms. The molecule has 76 valence electrons. The molecule has 0 radical (unpaired) electrons. The number of benzene rings is 1. The molecule has 2 heteroatoms. The van der Waals surface area contributed by atoms with Gasteiger partial charge in [-0.1, -0.05) is 30.3 Å². The lowest BCUT2D eigenvalue weighted by Crippen LogP contribution is -2.11. The van der Waals surface area contributed by atoms with E-state index in [0.29, 0.717) is 5.70 Å². The number of hydrogen-bond acceptors (Lipinski definition) is 2. The SMILES string of the molecule is NC1=CC(=Cc2ccccc2)C(O)C=C1. The van der Waals surface area contributed by atoms with Crippen LogP contribution in [0, 0.1) is 0 Å². The van der Waals surface area contributed by atoms with Gasteiger partial charge in [0, 0.05) is 5.70 Å². The Balaban J connectivity index is 2.31. The highest BCUT2D eigenvalue weighted by molar-refractivity contribution is 5.59. The van der Waals surface area contributed by atoms with E-state index in [4.69, 9.17) is 5.73 Å². The van der Waals surface area contributed by atoms with Crippen molar-refractivity contribution in [3.05, 3.63) is 65.4 Å². The van der Waals surface area contributed by atoms with E-state index in [2.05, 4.69) is 0 Å². The fourth-order valence-corrected chi connectivity index (χ4v) is 1.51. The fourth-order valence-electron chi connectivity index (χ4n) is 1.51. The predicted octanol–water partition coefficient (Wildman–Crippen LogP) is 1.84. The largest absolute Gasteiger partial charge is 0.399 e. The minimum atomic E-state index is -0.558. The van der Waals surface area contributed by atoms with Crippen molar-refractivity contribution in [1.82, 2.24) is 0 Å². The second-order valence-electron chi connectivity index (χ2n) is 3.50. The van der Waals surface area contributed by atoms with Crippen LogP contribution in [0.5, 0.6) is 0 Å². The summed E-state index contributed by atoms with van der Waals surface area (Å²) in [5.41, 5.74) is 8.21. The smallest absolute Gasteiger partial charge is 0.0976 e. The van der Waals surface area contributed by atoms with Crippen LogP contribution in [0.1, 0.15) is 5.56 Å². The average Bonchev–Trinajstić information content (AvgIpc) is 2.25. The third kappa shape index (κ3) is 2.36. The van der Waals surface area contributed by atoms with Gasteiger partial charge in [0.2, 0.25) is 0 Å². The highest BCUT2D eigenvalue weighted by atomic mass is 16.3. The molecule has 0 amide bonds. The molecular weight excluding hydrogens is 186 g/mol. The van der Waals surface area contributed by atoms with E-state index in [1.54, 1.807) is 18.2 Å². The van der Waals surface area contributed by atoms with Crippen molar-refractivity contribution in [3.8, 4) is 0 Å². The molecule has 0 fully saturated rings. The van der Waals surface area contributed by atoms with Gasteiger partial charge in [-0.3, -0.25) is 0 Å². The molecule has 0 spiro atoms. The molecule has 0 saturated carbocycles. The summed E-state index contributed by atoms with van der Waals surface area (Å²) in [6.45, 7) is 0. The van der Waals surface area contributed by atoms with Gasteiger partial charge in [0.1, 0.15) is 0 Å². The van der Waals surface area contributed by atoms with Crippen molar-refractivity contribution in [2.45, 2.75) is 6.10 Å². The highest BCUT2D eigenvalue weighted by Gasteiger charge is 2.09. The molecule has 0 heterocycles. The summed E-state index contributed by atoms with van der Waals surface area (Å²) in [4.78, 5) is 0. The van der Waals surface area contributed by atoms with Crippen LogP contribution in [0.3, 0.4) is 0 Å². The van der Waals surface area contributed by atoms with Gasteiger partial charge in [0.05, 0.1) is 6.10 Å². The predicted molar refractivity (Wildman–Crippen MR) is 61.8 cm³/mol. The van der Waals surface area contributed by atoms with Crippen molar-refractivity contribution in [3.63, 3.8) is 0 Å². The monoisotopic (exact) mass is 199 g/mol. The van der Waals surface area contributed by atoms with E-state index in [1.165, 1.54) is 0 Å². The minimum absolute atomic E-state index is 0.558. The summed E-state index contributed by atoms with van der Waals surface area (Å²) < 4.78 is 0. The molecule has 1 aliphatic rings. The molecule has 1 atom stereocenters. The Kier molecular flexibility index (Phi) is 2.70. The zero-order valence-electron chi connectivity index (χ0n) is 8.30. The average molecular weight is 199 g/mol. The topological polar surface area (TPSA) is 46.2 Å². The van der Waals surface area contributed by atoms with Crippen LogP contribution >= 0.6 is 0 Å². The van der Waals surface area contributed by atoms with E-state index in [1.807, 2.05) is 36.4 Å². The fraction of sp³-hybridized carbons (Fsp3) is 0.0769. The van der Waals surface area contributed by atoms with E-state index in [9.17, 15) is 5.11 Å². The Morgan fingerprint density at radius 1 is 1.20 bits per heavy atom. The number of nitrogens with two attached hydrogens (primary N) is 1. The summed E-state index contributed by atoms with van der Waals surface area (Å²) in [5.74, 6) is 0. The van der Waals surface area contributed by atoms with Gasteiger partial charge in [-0.25, -0.2) is 0 Å². The van der Waals surface area contributed by atoms with Gasteiger partial charge in [-0.05, 0) is 35.4 Å². The van der Waals surface area contributed by atoms with Crippen LogP contribution < -0.4 is 5.73 Å². The van der Waals surface area contributed by atoms with E-state index < -0.39 is 6.10 Å². The number of hydrogen-bond donors (Lipinski definition) is 2. The standard InChI is InChI=1S/C13H13NO/c14-12-6-7-13(15)11(9-12)8-10-4-2-1-3-5-10/h1-9,13,15H,14H2. The molecule has 1 aliphatic carbocycles. The van der Waals surface area contributed by atoms with E-state index in [-0.39, 0.29) is 0 Å². The lowest BCUT2D eigenvalue weighted by Gasteiger charge is -2.12. The summed E-state index contributed by atoms with van der Waals surface area (Å²) in [6, 6.07) is 9.86. The number of aliphatic hydroxyl groups is 1. The maximum atomic E-state index is 9.69. The van der Waals surface area contributed by atoms with Gasteiger partial charge in [-0.2, -0.15) is 0 Å². The number of aliphatic hydroxyl groups excluding tert-OH is 1. The second kappa shape index (κ2) is 4.15. The summed E-state index contributed by atoms with van der Waals surface area (Å²) >= 11 is 0. The minimum Gasteiger partial charge on any atom is -0.399 e. The first-order chi connectivity index (χ1) is 7.25. The Morgan fingerprint density at radius 2 is 1.93 bits per heavy atom. The zero-order valence-corrected chi connectivity index (χ0v) is 8.30. The normalized spacial score (nSPS) is 22.9. The van der Waals surface area contributed by atoms with Gasteiger partial charge in [0.25, 0.3) is 0 Å². The van der Waals surface area contributed by atoms with Crippen LogP contribution in [-0.4, -0.2) is 11.2 Å². The summed E-state index contributed by atoms with van der Waals surface area (Å²) in [5, 5.41) is 9.69. The van der Waals surface area contributed by atoms with Gasteiger partial charge < -0.3 is 10.8 Å². The molecule has 0 aliphatic heterocycles. The van der Waals surface area contributed by atoms with Gasteiger partial charge >= 0.3 is 0 Å². The lowest BCUT2D eigenvalue weighted by molar-refractivity contribution is 0.263. The molecule has 1 aromatic carbocycles. The van der Waals surface area contributed by atoms with Crippen LogP contribution in [0.2, 0.25) is 0 Å². The molecular formula is C13H13NO. The van der Waals surface area contributed by atoms with Crippen molar-refractivity contribution in [2.24, 2.45) is 5.73 Å². The van der Waals surface area contributed by atoms with E-state index >= 15 is 0 Å². The molecule has 2 rings (SSSR count). The molecule has 2 nitrogen and oxygen atoms in total. The Bertz CT molecular complexity index is 429. The number of allylic oxidation sites excluding steroid dienone is 1. The Hall–Kier alpha value is -1.80. The molecule has 0 saturated heterocycles. The Labute approximate surface area is 89.0 Å². The third-order valence-electron chi connectivity index (χ3n) is 2.28. The van der Waals surface area contributed by atoms with Crippen LogP contribution in [-0.2, 0) is 0 Å². The van der Waals surface area contributed by atoms with Crippen molar-refractivity contribution >= 4 is 6.08 Å². The summed E-state index contributed by atoms with van der Waals surface area (Å²) in [6.07, 6.45) is 6.56. The molecule has 3 N–H and O–H groups in total. The van der Waals surface area contributed by atoms with Crippen molar-refractivity contribution in [2.75, 3.05) is 0 Å². The molecule has 1 unspecified atom stereocenters. The first-order valence-corrected chi connectivity index (χ1v) is 4.86. The van der Waals surface area contributed by atoms with Crippen molar-refractivity contribution in [1.29, 1.82) is 0 Å². The second-order valence-corrected chi connectivity index (χ2v) is 3.50. The molecule has 1 aromatic rings. The van der Waals surface area contributed by atoms with Gasteiger partial charge in [0.15, 0.2) is 0 Å². The highest BCUT2D eigenvalue weighted by Crippen LogP contribution is 2.17. The van der Waals surface area contributed by atoms with Crippen LogP contribution in [0.15, 0.2) is 59.8 Å². The maximum absolute atomic E-state index is 9.69. The van der Waals surface area contributed by atoms with Gasteiger partial charge in [-0.15, -0.1) is 0 Å². The lowest BCUT2D eigenvalue weighted by atomic mass is 10.0. The number of rotatable bonds is 1. The van der Waals surface area contributed by atoms with Crippen LogP contribution in [0.25, 0.3) is 6.08 Å². The van der Waals surface area contributed by atoms with Crippen molar-refractivity contribution < 1.29 is 5.11 Å². The first-order valence-electron chi connectivity index (χ1n) is 4.86. The van der Waals surface area contributed by atoms with Crippen LogP contribution in [0.4, 0.5) is 0 Å². The molecule has 0 aromatic heterocycles. The Morgan fingerprint density at radius 3 is 2.67 bits per heavy atom. The van der Waals surface area contributed by atoms with E-state index in [0.717, 1.165) is 11.1 Å². The maximum Gasteiger partial charge on any atom is 0.0976 e. The summed E-state index contributed by atoms with van der Waals surface area (Å²) in [7, 11) is 0. The molecule has 15 heavy (non-hydrogen) atoms. The first kappa shape index (κ1) is 9.74.